The Kier molecular flexibility index (Phi) is 4.04. The van der Waals surface area contributed by atoms with E-state index < -0.39 is 28.9 Å². The number of aliphatic hydroxyl groups is 1. The molecule has 0 bridgehead atoms. The lowest BCUT2D eigenvalue weighted by Crippen LogP contribution is -2.48. The quantitative estimate of drug-likeness (QED) is 0.929. The Hall–Kier alpha value is -1.69. The van der Waals surface area contributed by atoms with Crippen molar-refractivity contribution in [2.24, 2.45) is 11.8 Å². The molecule has 2 fully saturated rings. The summed E-state index contributed by atoms with van der Waals surface area (Å²) < 4.78 is 32.2. The van der Waals surface area contributed by atoms with Gasteiger partial charge in [-0.1, -0.05) is 13.3 Å². The molecular weight excluding hydrogens is 304 g/mol. The number of likely N-dealkylation sites (tertiary alicyclic amines) is 1. The smallest absolute Gasteiger partial charge is 0.254 e. The zero-order valence-electron chi connectivity index (χ0n) is 13.3. The predicted octanol–water partition coefficient (Wildman–Crippen LogP) is 2.60. The lowest BCUT2D eigenvalue weighted by atomic mass is 9.69. The maximum Gasteiger partial charge on any atom is 0.254 e. The number of rotatable bonds is 3. The minimum atomic E-state index is -0.905. The van der Waals surface area contributed by atoms with Crippen molar-refractivity contribution in [2.75, 3.05) is 20.2 Å². The number of β-amino-alcohol motifs (C(OH)–C–C–N with tert-alkyl or cyclic N) is 1. The molecule has 2 atom stereocenters. The van der Waals surface area contributed by atoms with E-state index in [0.717, 1.165) is 31.4 Å². The maximum absolute atomic E-state index is 13.8. The van der Waals surface area contributed by atoms with Crippen LogP contribution < -0.4 is 4.74 Å². The van der Waals surface area contributed by atoms with Gasteiger partial charge in [0.05, 0.1) is 19.3 Å². The van der Waals surface area contributed by atoms with Gasteiger partial charge in [0.1, 0.15) is 0 Å². The molecule has 0 spiro atoms. The van der Waals surface area contributed by atoms with Gasteiger partial charge in [-0.25, -0.2) is 8.78 Å². The first kappa shape index (κ1) is 16.2. The first-order valence-corrected chi connectivity index (χ1v) is 7.91. The Morgan fingerprint density at radius 2 is 1.96 bits per heavy atom. The van der Waals surface area contributed by atoms with E-state index in [2.05, 4.69) is 4.74 Å². The summed E-state index contributed by atoms with van der Waals surface area (Å²) in [4.78, 5) is 14.0. The van der Waals surface area contributed by atoms with E-state index in [9.17, 15) is 18.7 Å². The second-order valence-corrected chi connectivity index (χ2v) is 6.68. The summed E-state index contributed by atoms with van der Waals surface area (Å²) in [6.07, 6.45) is 3.03. The first-order valence-electron chi connectivity index (χ1n) is 7.91. The van der Waals surface area contributed by atoms with Crippen molar-refractivity contribution in [2.45, 2.75) is 31.8 Å². The molecule has 1 amide bonds. The van der Waals surface area contributed by atoms with Crippen LogP contribution in [-0.4, -0.2) is 41.7 Å². The van der Waals surface area contributed by atoms with Crippen molar-refractivity contribution in [3.8, 4) is 5.75 Å². The number of hydrogen-bond acceptors (Lipinski definition) is 3. The van der Waals surface area contributed by atoms with E-state index in [0.29, 0.717) is 6.54 Å². The number of amides is 1. The van der Waals surface area contributed by atoms with Gasteiger partial charge in [-0.3, -0.25) is 4.79 Å². The summed E-state index contributed by atoms with van der Waals surface area (Å²) in [7, 11) is 1.17. The van der Waals surface area contributed by atoms with Crippen molar-refractivity contribution in [1.82, 2.24) is 4.90 Å². The predicted molar refractivity (Wildman–Crippen MR) is 80.3 cm³/mol. The number of benzene rings is 1. The summed E-state index contributed by atoms with van der Waals surface area (Å²) in [6.45, 7) is 2.52. The largest absolute Gasteiger partial charge is 0.491 e. The van der Waals surface area contributed by atoms with Crippen molar-refractivity contribution in [1.29, 1.82) is 0 Å². The average molecular weight is 325 g/mol. The molecule has 4 nitrogen and oxygen atoms in total. The molecule has 1 saturated carbocycles. The van der Waals surface area contributed by atoms with Gasteiger partial charge in [0.15, 0.2) is 17.4 Å². The number of carbonyl (C=O) groups is 1. The van der Waals surface area contributed by atoms with E-state index >= 15 is 0 Å². The van der Waals surface area contributed by atoms with Gasteiger partial charge in [0, 0.05) is 18.0 Å². The van der Waals surface area contributed by atoms with E-state index in [1.807, 2.05) is 6.92 Å². The second kappa shape index (κ2) is 5.74. The first-order chi connectivity index (χ1) is 10.9. The van der Waals surface area contributed by atoms with Gasteiger partial charge >= 0.3 is 0 Å². The number of carbonyl (C=O) groups excluding carboxylic acids is 1. The number of methoxy groups -OCH3 is 1. The molecule has 1 N–H and O–H groups in total. The van der Waals surface area contributed by atoms with Crippen molar-refractivity contribution < 1.29 is 23.4 Å². The number of hydrogen-bond donors (Lipinski definition) is 1. The van der Waals surface area contributed by atoms with E-state index in [1.165, 1.54) is 12.0 Å². The normalized spacial score (nSPS) is 27.9. The minimum Gasteiger partial charge on any atom is -0.491 e. The highest BCUT2D eigenvalue weighted by Crippen LogP contribution is 2.44. The average Bonchev–Trinajstić information content (AvgIpc) is 2.72. The summed E-state index contributed by atoms with van der Waals surface area (Å²) >= 11 is 0. The lowest BCUT2D eigenvalue weighted by molar-refractivity contribution is -0.0660. The number of ether oxygens (including phenoxy) is 1. The van der Waals surface area contributed by atoms with Crippen LogP contribution in [0.1, 0.15) is 36.5 Å². The molecule has 1 aromatic rings. The maximum atomic E-state index is 13.8. The Morgan fingerprint density at radius 1 is 1.35 bits per heavy atom. The number of halogens is 2. The fourth-order valence-corrected chi connectivity index (χ4v) is 3.67. The fourth-order valence-electron chi connectivity index (χ4n) is 3.67. The van der Waals surface area contributed by atoms with E-state index in [-0.39, 0.29) is 23.9 Å². The monoisotopic (exact) mass is 325 g/mol. The Morgan fingerprint density at radius 3 is 2.43 bits per heavy atom. The molecule has 1 heterocycles. The standard InChI is InChI=1S/C17H21F2NO3/c1-10-8-20(9-17(10,22)12-4-3-5-12)16(21)11-6-13(18)15(23-2)14(19)7-11/h6-7,10,12,22H,3-5,8-9H2,1-2H3/t10-,17+/m1/s1. The highest BCUT2D eigenvalue weighted by molar-refractivity contribution is 5.94. The molecule has 3 rings (SSSR count). The molecular formula is C17H21F2NO3. The van der Waals surface area contributed by atoms with Gasteiger partial charge < -0.3 is 14.7 Å². The summed E-state index contributed by atoms with van der Waals surface area (Å²) in [5.74, 6) is -2.62. The lowest BCUT2D eigenvalue weighted by Gasteiger charge is -2.41. The van der Waals surface area contributed by atoms with Crippen LogP contribution in [0.15, 0.2) is 12.1 Å². The van der Waals surface area contributed by atoms with Gasteiger partial charge in [-0.05, 0) is 30.9 Å². The topological polar surface area (TPSA) is 49.8 Å². The summed E-state index contributed by atoms with van der Waals surface area (Å²) in [5.41, 5.74) is -0.955. The zero-order chi connectivity index (χ0) is 16.8. The van der Waals surface area contributed by atoms with Crippen LogP contribution in [0, 0.1) is 23.5 Å². The van der Waals surface area contributed by atoms with Crippen molar-refractivity contribution >= 4 is 5.91 Å². The molecule has 0 radical (unpaired) electrons. The van der Waals surface area contributed by atoms with Crippen LogP contribution in [0.25, 0.3) is 0 Å². The minimum absolute atomic E-state index is 0.0512. The van der Waals surface area contributed by atoms with E-state index in [4.69, 9.17) is 0 Å². The molecule has 1 saturated heterocycles. The Bertz CT molecular complexity index is 609. The molecule has 0 unspecified atom stereocenters. The molecule has 6 heteroatoms. The van der Waals surface area contributed by atoms with Gasteiger partial charge in [0.2, 0.25) is 0 Å². The van der Waals surface area contributed by atoms with Gasteiger partial charge in [-0.15, -0.1) is 0 Å². The molecule has 126 valence electrons. The third kappa shape index (κ3) is 2.59. The molecule has 1 aromatic carbocycles. The van der Waals surface area contributed by atoms with Crippen LogP contribution in [0.5, 0.6) is 5.75 Å². The SMILES string of the molecule is COc1c(F)cc(C(=O)N2C[C@@H](C)[C@](O)(C3CCC3)C2)cc1F. The van der Waals surface area contributed by atoms with Crippen LogP contribution in [0.3, 0.4) is 0 Å². The molecule has 23 heavy (non-hydrogen) atoms. The van der Waals surface area contributed by atoms with Crippen molar-refractivity contribution in [3.05, 3.63) is 29.3 Å². The summed E-state index contributed by atoms with van der Waals surface area (Å²) in [5, 5.41) is 10.9. The van der Waals surface area contributed by atoms with Gasteiger partial charge in [0.25, 0.3) is 5.91 Å². The second-order valence-electron chi connectivity index (χ2n) is 6.68. The van der Waals surface area contributed by atoms with Crippen molar-refractivity contribution in [3.63, 3.8) is 0 Å². The van der Waals surface area contributed by atoms with Gasteiger partial charge in [-0.2, -0.15) is 0 Å². The third-order valence-electron chi connectivity index (χ3n) is 5.34. The highest BCUT2D eigenvalue weighted by Gasteiger charge is 2.51. The Labute approximate surface area is 134 Å². The van der Waals surface area contributed by atoms with Crippen LogP contribution in [-0.2, 0) is 0 Å². The molecule has 0 aromatic heterocycles. The molecule has 2 aliphatic rings. The molecule has 1 aliphatic heterocycles. The number of nitrogens with zero attached hydrogens (tertiary/aromatic N) is 1. The van der Waals surface area contributed by atoms with Crippen LogP contribution in [0.2, 0.25) is 0 Å². The molecule has 1 aliphatic carbocycles. The summed E-state index contributed by atoms with van der Waals surface area (Å²) in [6, 6.07) is 1.96. The third-order valence-corrected chi connectivity index (χ3v) is 5.34. The zero-order valence-corrected chi connectivity index (χ0v) is 13.3. The fraction of sp³-hybridized carbons (Fsp3) is 0.588. The Balaban J connectivity index is 1.82. The highest BCUT2D eigenvalue weighted by atomic mass is 19.1. The van der Waals surface area contributed by atoms with E-state index in [1.54, 1.807) is 0 Å². The van der Waals surface area contributed by atoms with Crippen LogP contribution in [0.4, 0.5) is 8.78 Å². The van der Waals surface area contributed by atoms with Crippen LogP contribution >= 0.6 is 0 Å².